The number of fused-ring (bicyclic) bond motifs is 1. The van der Waals surface area contributed by atoms with E-state index in [2.05, 4.69) is 9.73 Å². The number of halogens is 2. The number of ketones is 1. The Morgan fingerprint density at radius 1 is 1.38 bits per heavy atom. The fourth-order valence-electron chi connectivity index (χ4n) is 1.49. The number of carbonyl (C=O) groups excluding carboxylic acids is 1. The van der Waals surface area contributed by atoms with Gasteiger partial charge in [0.25, 0.3) is 6.01 Å². The van der Waals surface area contributed by atoms with Crippen LogP contribution in [0.3, 0.4) is 0 Å². The second-order valence-corrected chi connectivity index (χ2v) is 3.37. The molecular formula is C11H9F2NO2. The Morgan fingerprint density at radius 3 is 2.81 bits per heavy atom. The Bertz CT molecular complexity index is 548. The molecule has 1 aromatic carbocycles. The van der Waals surface area contributed by atoms with Gasteiger partial charge in [0.05, 0.1) is 11.9 Å². The van der Waals surface area contributed by atoms with Crippen molar-refractivity contribution in [1.82, 2.24) is 5.32 Å². The van der Waals surface area contributed by atoms with Crippen LogP contribution in [0.1, 0.15) is 10.4 Å². The van der Waals surface area contributed by atoms with Crippen LogP contribution >= 0.6 is 0 Å². The van der Waals surface area contributed by atoms with Gasteiger partial charge in [-0.2, -0.15) is 4.39 Å². The molecule has 0 saturated heterocycles. The van der Waals surface area contributed by atoms with Crippen LogP contribution in [0, 0.1) is 11.8 Å². The minimum Gasteiger partial charge on any atom is -0.431 e. The van der Waals surface area contributed by atoms with Gasteiger partial charge in [-0.15, -0.1) is 0 Å². The summed E-state index contributed by atoms with van der Waals surface area (Å²) >= 11 is 0. The Morgan fingerprint density at radius 2 is 2.12 bits per heavy atom. The summed E-state index contributed by atoms with van der Waals surface area (Å²) in [6.45, 7) is 0.0914. The highest BCUT2D eigenvalue weighted by Gasteiger charge is 2.13. The average molecular weight is 225 g/mol. The highest BCUT2D eigenvalue weighted by molar-refractivity contribution is 6.00. The van der Waals surface area contributed by atoms with Gasteiger partial charge in [-0.3, -0.25) is 4.79 Å². The van der Waals surface area contributed by atoms with Crippen molar-refractivity contribution in [2.75, 3.05) is 13.6 Å². The summed E-state index contributed by atoms with van der Waals surface area (Å²) in [5, 5.41) is 2.70. The molecule has 84 valence electrons. The molecule has 0 radical (unpaired) electrons. The highest BCUT2D eigenvalue weighted by Crippen LogP contribution is 2.23. The van der Waals surface area contributed by atoms with E-state index >= 15 is 0 Å². The standard InChI is InChI=1S/C11H9F2NO2/c1-14-5-9(15)6-2-8(12)7-4-11(13)16-10(7)3-6/h2-4,14H,5H2,1H3. The molecule has 0 bridgehead atoms. The van der Waals surface area contributed by atoms with Crippen LogP contribution < -0.4 is 5.32 Å². The Hall–Kier alpha value is -1.75. The van der Waals surface area contributed by atoms with Gasteiger partial charge in [-0.25, -0.2) is 4.39 Å². The van der Waals surface area contributed by atoms with Gasteiger partial charge in [-0.05, 0) is 19.2 Å². The SMILES string of the molecule is CNCC(=O)c1cc(F)c2cc(F)oc2c1. The van der Waals surface area contributed by atoms with Crippen LogP contribution in [0.4, 0.5) is 8.78 Å². The van der Waals surface area contributed by atoms with E-state index in [1.54, 1.807) is 7.05 Å². The summed E-state index contributed by atoms with van der Waals surface area (Å²) in [5.41, 5.74) is 0.200. The first-order valence-electron chi connectivity index (χ1n) is 4.68. The van der Waals surface area contributed by atoms with Crippen molar-refractivity contribution in [2.45, 2.75) is 0 Å². The molecule has 5 heteroatoms. The fourth-order valence-corrected chi connectivity index (χ4v) is 1.49. The summed E-state index contributed by atoms with van der Waals surface area (Å²) in [7, 11) is 1.61. The lowest BCUT2D eigenvalue weighted by Crippen LogP contribution is -2.18. The second-order valence-electron chi connectivity index (χ2n) is 3.37. The molecule has 16 heavy (non-hydrogen) atoms. The molecule has 1 heterocycles. The van der Waals surface area contributed by atoms with E-state index in [0.717, 1.165) is 12.1 Å². The van der Waals surface area contributed by atoms with E-state index in [1.165, 1.54) is 6.07 Å². The Kier molecular flexibility index (Phi) is 2.70. The Balaban J connectivity index is 2.53. The molecule has 0 unspecified atom stereocenters. The first kappa shape index (κ1) is 10.8. The smallest absolute Gasteiger partial charge is 0.278 e. The zero-order chi connectivity index (χ0) is 11.7. The van der Waals surface area contributed by atoms with E-state index in [1.807, 2.05) is 0 Å². The van der Waals surface area contributed by atoms with Crippen LogP contribution in [0.5, 0.6) is 0 Å². The van der Waals surface area contributed by atoms with Crippen molar-refractivity contribution in [2.24, 2.45) is 0 Å². The van der Waals surface area contributed by atoms with Crippen LogP contribution in [0.25, 0.3) is 11.0 Å². The second kappa shape index (κ2) is 4.02. The number of nitrogens with one attached hydrogen (secondary N) is 1. The molecule has 2 rings (SSSR count). The van der Waals surface area contributed by atoms with Crippen LogP contribution in [0.2, 0.25) is 0 Å². The van der Waals surface area contributed by atoms with Crippen molar-refractivity contribution >= 4 is 16.8 Å². The van der Waals surface area contributed by atoms with E-state index in [4.69, 9.17) is 0 Å². The van der Waals surface area contributed by atoms with Crippen molar-refractivity contribution in [3.63, 3.8) is 0 Å². The molecule has 1 N–H and O–H groups in total. The first-order chi connectivity index (χ1) is 7.61. The number of hydrogen-bond donors (Lipinski definition) is 1. The summed E-state index contributed by atoms with van der Waals surface area (Å²) in [5.74, 6) is -0.940. The minimum absolute atomic E-state index is 0.0388. The quantitative estimate of drug-likeness (QED) is 0.813. The number of furan rings is 1. The van der Waals surface area contributed by atoms with Crippen molar-refractivity contribution in [3.8, 4) is 0 Å². The number of rotatable bonds is 3. The molecule has 3 nitrogen and oxygen atoms in total. The molecule has 1 aromatic heterocycles. The van der Waals surface area contributed by atoms with Crippen LogP contribution in [-0.2, 0) is 0 Å². The third kappa shape index (κ3) is 1.81. The molecular weight excluding hydrogens is 216 g/mol. The number of carbonyl (C=O) groups is 1. The first-order valence-corrected chi connectivity index (χ1v) is 4.68. The monoisotopic (exact) mass is 225 g/mol. The lowest BCUT2D eigenvalue weighted by Gasteiger charge is -2.00. The zero-order valence-electron chi connectivity index (χ0n) is 8.51. The molecule has 2 aromatic rings. The van der Waals surface area contributed by atoms with E-state index < -0.39 is 11.8 Å². The van der Waals surface area contributed by atoms with Crippen LogP contribution in [-0.4, -0.2) is 19.4 Å². The molecule has 0 atom stereocenters. The van der Waals surface area contributed by atoms with Gasteiger partial charge in [-0.1, -0.05) is 0 Å². The van der Waals surface area contributed by atoms with Crippen molar-refractivity contribution < 1.29 is 18.0 Å². The lowest BCUT2D eigenvalue weighted by molar-refractivity contribution is 0.0993. The average Bonchev–Trinajstić information content (AvgIpc) is 2.59. The maximum atomic E-state index is 13.5. The van der Waals surface area contributed by atoms with Gasteiger partial charge >= 0.3 is 0 Å². The fraction of sp³-hybridized carbons (Fsp3) is 0.182. The maximum absolute atomic E-state index is 13.5. The zero-order valence-corrected chi connectivity index (χ0v) is 8.51. The molecule has 0 spiro atoms. The number of likely N-dealkylation sites (N-methyl/N-ethyl adjacent to an activating group) is 1. The minimum atomic E-state index is -0.868. The van der Waals surface area contributed by atoms with Gasteiger partial charge < -0.3 is 9.73 Å². The van der Waals surface area contributed by atoms with E-state index in [0.29, 0.717) is 0 Å². The van der Waals surface area contributed by atoms with E-state index in [-0.39, 0.29) is 28.9 Å². The number of benzene rings is 1. The summed E-state index contributed by atoms with van der Waals surface area (Å²) < 4.78 is 30.9. The molecule has 0 aliphatic carbocycles. The van der Waals surface area contributed by atoms with E-state index in [9.17, 15) is 13.6 Å². The number of Topliss-reactive ketones (excluding diaryl/α,β-unsaturated/α-hetero) is 1. The Labute approximate surface area is 90.0 Å². The van der Waals surface area contributed by atoms with Gasteiger partial charge in [0.2, 0.25) is 0 Å². The highest BCUT2D eigenvalue weighted by atomic mass is 19.1. The maximum Gasteiger partial charge on any atom is 0.278 e. The predicted octanol–water partition coefficient (Wildman–Crippen LogP) is 2.11. The lowest BCUT2D eigenvalue weighted by atomic mass is 10.1. The normalized spacial score (nSPS) is 10.9. The molecule has 0 fully saturated rings. The third-order valence-electron chi connectivity index (χ3n) is 2.22. The summed E-state index contributed by atoms with van der Waals surface area (Å²) in [4.78, 5) is 11.5. The largest absolute Gasteiger partial charge is 0.431 e. The van der Waals surface area contributed by atoms with Crippen molar-refractivity contribution in [1.29, 1.82) is 0 Å². The topological polar surface area (TPSA) is 42.2 Å². The molecule has 0 saturated carbocycles. The molecule has 0 aliphatic rings. The van der Waals surface area contributed by atoms with Crippen LogP contribution in [0.15, 0.2) is 22.6 Å². The number of hydrogen-bond acceptors (Lipinski definition) is 3. The summed E-state index contributed by atoms with van der Waals surface area (Å²) in [6, 6.07) is 2.50. The predicted molar refractivity (Wildman–Crippen MR) is 54.4 cm³/mol. The van der Waals surface area contributed by atoms with Crippen molar-refractivity contribution in [3.05, 3.63) is 35.6 Å². The summed E-state index contributed by atoms with van der Waals surface area (Å²) in [6.07, 6.45) is 0. The van der Waals surface area contributed by atoms with Gasteiger partial charge in [0, 0.05) is 11.6 Å². The molecule has 0 aliphatic heterocycles. The van der Waals surface area contributed by atoms with Gasteiger partial charge in [0.1, 0.15) is 11.4 Å². The third-order valence-corrected chi connectivity index (χ3v) is 2.22. The van der Waals surface area contributed by atoms with Gasteiger partial charge in [0.15, 0.2) is 5.78 Å². The molecule has 0 amide bonds.